The van der Waals surface area contributed by atoms with Crippen molar-refractivity contribution in [2.45, 2.75) is 52.4 Å². The van der Waals surface area contributed by atoms with Crippen LogP contribution in [0, 0.1) is 0 Å². The van der Waals surface area contributed by atoms with Gasteiger partial charge in [0.05, 0.1) is 70.1 Å². The Morgan fingerprint density at radius 2 is 0.561 bits per heavy atom. The summed E-state index contributed by atoms with van der Waals surface area (Å²) in [5, 5.41) is 3.42. The van der Waals surface area contributed by atoms with E-state index in [9.17, 15) is 8.22 Å². The molecule has 0 amide bonds. The van der Waals surface area contributed by atoms with Gasteiger partial charge in [0.25, 0.3) is 6.71 Å². The van der Waals surface area contributed by atoms with Crippen molar-refractivity contribution in [3.63, 3.8) is 0 Å². The highest BCUT2D eigenvalue weighted by Gasteiger charge is 2.47. The first-order valence-corrected chi connectivity index (χ1v) is 45.2. The van der Waals surface area contributed by atoms with Crippen LogP contribution in [0.25, 0.3) is 99.5 Å². The van der Waals surface area contributed by atoms with Gasteiger partial charge in [-0.1, -0.05) is 296 Å². The van der Waals surface area contributed by atoms with Crippen LogP contribution in [0.3, 0.4) is 0 Å². The minimum atomic E-state index is -1.28. The van der Waals surface area contributed by atoms with E-state index in [2.05, 4.69) is 333 Å². The SMILES string of the molecule is [2H]c1c([2H])c(-n2c3ccccc3c3cc(N4c5ccccc5Oc5ccccc54)ccc32)c([2H])c2c1B1c3c(cc(N(c4ccccc4)c4ccccc4)cc3N(c3c(-c4ccccc4)cc(C(C)(C)C)cc3-c3ccccc3)c3c([2H])c(-n4c5ccccc5c5cc(N6c7ccccc7Oc7ccccc76)ccc54)c([2H])c([2H])c31)N2c1c(-c2ccccc2)cc(C(C)(C)C)cc1-c1ccccc1. The summed E-state index contributed by atoms with van der Waals surface area (Å²) in [5.41, 5.74) is 23.1. The standard InChI is InChI=1S/C122H90BN7O2/c1-121(2,3)83-69-94(79-37-13-7-14-38-79)119(95(70-83)80-39-15-8-16-40-80)129-110-75-89(125-102-51-27-25-49-92(102)98-73-87(63-67-104(98)125)127-106-53-29-33-57-114(106)131-115-58-34-30-54-107(115)127)61-65-100(110)123-101-66-62-90(126-103-52-28-26-50-93(103)99-74-88(64-68-105(99)126)128-108-55-31-35-59-116(108)132-117-60-36-32-56-109(117)128)76-111(101)130(113-78-91(77-112(129)118(113)123)124(85-45-21-11-22-46-85)86-47-23-12-24-48-86)120-96(81-41-17-9-18-42-81)71-84(122(4,5)6)72-97(120)82-43-19-10-20-44-82/h7-78H,1-6H3/i61D,62D,65D,66D,75D,76D. The van der Waals surface area contributed by atoms with Gasteiger partial charge in [-0.3, -0.25) is 0 Å². The van der Waals surface area contributed by atoms with Crippen molar-refractivity contribution in [3.05, 3.63) is 448 Å². The lowest BCUT2D eigenvalue weighted by atomic mass is 9.33. The molecule has 0 spiro atoms. The quantitative estimate of drug-likeness (QED) is 0.107. The first kappa shape index (κ1) is 71.5. The highest BCUT2D eigenvalue weighted by atomic mass is 16.5. The van der Waals surface area contributed by atoms with E-state index in [4.69, 9.17) is 9.47 Å². The summed E-state index contributed by atoms with van der Waals surface area (Å²) >= 11 is 0. The van der Waals surface area contributed by atoms with Crippen LogP contribution in [-0.4, -0.2) is 15.8 Å². The molecule has 10 heteroatoms. The number of para-hydroxylation sites is 12. The van der Waals surface area contributed by atoms with Crippen LogP contribution < -0.4 is 50.4 Å². The third-order valence-corrected chi connectivity index (χ3v) is 26.7. The molecule has 0 N–H and O–H groups in total. The number of aromatic nitrogens is 2. The Morgan fingerprint density at radius 1 is 0.258 bits per heavy atom. The first-order valence-electron chi connectivity index (χ1n) is 48.2. The van der Waals surface area contributed by atoms with Crippen molar-refractivity contribution in [2.24, 2.45) is 0 Å². The number of benzene rings is 19. The van der Waals surface area contributed by atoms with Gasteiger partial charge < -0.3 is 43.1 Å². The van der Waals surface area contributed by atoms with E-state index in [0.29, 0.717) is 79.0 Å². The molecule has 4 aliphatic heterocycles. The Morgan fingerprint density at radius 3 is 0.902 bits per heavy atom. The summed E-state index contributed by atoms with van der Waals surface area (Å²) in [6, 6.07) is 137. The second kappa shape index (κ2) is 30.6. The fourth-order valence-electron chi connectivity index (χ4n) is 20.5. The fourth-order valence-corrected chi connectivity index (χ4v) is 20.5. The molecule has 0 aliphatic carbocycles. The molecule has 0 bridgehead atoms. The van der Waals surface area contributed by atoms with Crippen LogP contribution >= 0.6 is 0 Å². The highest BCUT2D eigenvalue weighted by Crippen LogP contribution is 2.59. The maximum absolute atomic E-state index is 12.3. The molecule has 21 aromatic rings. The largest absolute Gasteiger partial charge is 0.453 e. The molecule has 9 nitrogen and oxygen atoms in total. The van der Waals surface area contributed by atoms with E-state index >= 15 is 0 Å². The number of hydrogen-bond acceptors (Lipinski definition) is 7. The van der Waals surface area contributed by atoms with Crippen LogP contribution in [0.1, 0.15) is 60.9 Å². The Kier molecular flexibility index (Phi) is 16.6. The van der Waals surface area contributed by atoms with E-state index in [0.717, 1.165) is 123 Å². The maximum atomic E-state index is 12.3. The summed E-state index contributed by atoms with van der Waals surface area (Å²) in [6.07, 6.45) is 0. The lowest BCUT2D eigenvalue weighted by molar-refractivity contribution is 0.477. The first-order chi connectivity index (χ1) is 67.3. The molecule has 0 saturated heterocycles. The number of anilines is 15. The Hall–Kier alpha value is -16.6. The van der Waals surface area contributed by atoms with E-state index < -0.39 is 17.5 Å². The smallest absolute Gasteiger partial charge is 0.252 e. The summed E-state index contributed by atoms with van der Waals surface area (Å²) in [7, 11) is 0. The lowest BCUT2D eigenvalue weighted by Gasteiger charge is -2.46. The zero-order valence-electron chi connectivity index (χ0n) is 79.6. The summed E-state index contributed by atoms with van der Waals surface area (Å²) in [5.74, 6) is 2.83. The second-order valence-electron chi connectivity index (χ2n) is 36.6. The minimum absolute atomic E-state index is 0.0687. The molecule has 0 atom stereocenters. The zero-order valence-corrected chi connectivity index (χ0v) is 73.6. The molecule has 0 radical (unpaired) electrons. The zero-order chi connectivity index (χ0) is 93.4. The van der Waals surface area contributed by atoms with Crippen LogP contribution in [0.15, 0.2) is 437 Å². The monoisotopic (exact) mass is 1700 g/mol. The molecule has 19 aromatic carbocycles. The number of rotatable bonds is 13. The lowest BCUT2D eigenvalue weighted by Crippen LogP contribution is -2.61. The molecule has 0 unspecified atom stereocenters. The summed E-state index contributed by atoms with van der Waals surface area (Å²) in [6.45, 7) is 12.2. The van der Waals surface area contributed by atoms with Gasteiger partial charge in [-0.2, -0.15) is 0 Å². The molecule has 25 rings (SSSR count). The van der Waals surface area contributed by atoms with Gasteiger partial charge in [-0.05, 0) is 242 Å². The Balaban J connectivity index is 0.868. The van der Waals surface area contributed by atoms with E-state index in [1.54, 1.807) is 0 Å². The van der Waals surface area contributed by atoms with Gasteiger partial charge in [-0.25, -0.2) is 0 Å². The number of hydrogen-bond donors (Lipinski definition) is 0. The van der Waals surface area contributed by atoms with Gasteiger partial charge in [0.1, 0.15) is 0 Å². The minimum Gasteiger partial charge on any atom is -0.453 e. The average molecular weight is 1700 g/mol. The van der Waals surface area contributed by atoms with E-state index in [1.807, 2.05) is 143 Å². The van der Waals surface area contributed by atoms with Gasteiger partial charge in [0.15, 0.2) is 23.0 Å². The van der Waals surface area contributed by atoms with Crippen LogP contribution in [0.5, 0.6) is 23.0 Å². The maximum Gasteiger partial charge on any atom is 0.252 e. The van der Waals surface area contributed by atoms with Crippen molar-refractivity contribution in [3.8, 4) is 78.9 Å². The predicted octanol–water partition coefficient (Wildman–Crippen LogP) is 31.8. The molecule has 0 saturated carbocycles. The van der Waals surface area contributed by atoms with Crippen molar-refractivity contribution in [2.75, 3.05) is 24.5 Å². The van der Waals surface area contributed by atoms with Crippen molar-refractivity contribution in [1.82, 2.24) is 9.13 Å². The molecule has 6 heterocycles. The van der Waals surface area contributed by atoms with Crippen molar-refractivity contribution >= 4 is 152 Å². The summed E-state index contributed by atoms with van der Waals surface area (Å²) in [4.78, 5) is 11.3. The molecule has 2 aromatic heterocycles. The van der Waals surface area contributed by atoms with Gasteiger partial charge >= 0.3 is 0 Å². The van der Waals surface area contributed by atoms with E-state index in [1.165, 1.54) is 0 Å². The highest BCUT2D eigenvalue weighted by molar-refractivity contribution is 7.00. The third-order valence-electron chi connectivity index (χ3n) is 26.7. The van der Waals surface area contributed by atoms with Gasteiger partial charge in [-0.15, -0.1) is 0 Å². The van der Waals surface area contributed by atoms with Crippen LogP contribution in [-0.2, 0) is 10.8 Å². The number of nitrogens with zero attached hydrogens (tertiary/aromatic N) is 7. The van der Waals surface area contributed by atoms with Crippen molar-refractivity contribution in [1.29, 1.82) is 0 Å². The average Bonchev–Trinajstić information content (AvgIpc) is 0.880. The van der Waals surface area contributed by atoms with Gasteiger partial charge in [0.2, 0.25) is 0 Å². The van der Waals surface area contributed by atoms with Crippen molar-refractivity contribution < 1.29 is 17.7 Å². The normalized spacial score (nSPS) is 13.6. The van der Waals surface area contributed by atoms with Crippen LogP contribution in [0.2, 0.25) is 0 Å². The third kappa shape index (κ3) is 12.6. The van der Waals surface area contributed by atoms with Crippen LogP contribution in [0.4, 0.5) is 85.3 Å². The molecule has 628 valence electrons. The molecule has 132 heavy (non-hydrogen) atoms. The topological polar surface area (TPSA) is 44.5 Å². The molecular weight excluding hydrogens is 1610 g/mol. The predicted molar refractivity (Wildman–Crippen MR) is 552 cm³/mol. The number of ether oxygens (including phenoxy) is 2. The molecule has 0 fully saturated rings. The Bertz CT molecular complexity index is 7900. The van der Waals surface area contributed by atoms with E-state index in [-0.39, 0.29) is 69.9 Å². The molecule has 4 aliphatic rings. The summed E-state index contributed by atoms with van der Waals surface area (Å²) < 4.78 is 88.9. The van der Waals surface area contributed by atoms with Gasteiger partial charge in [0, 0.05) is 101 Å². The Labute approximate surface area is 777 Å². The fraction of sp³-hybridized carbons (Fsp3) is 0.0656. The molecular formula is C122H90BN7O2. The number of fused-ring (bicyclic) bond motifs is 14. The second-order valence-corrected chi connectivity index (χ2v) is 36.6.